The van der Waals surface area contributed by atoms with Gasteiger partial charge in [0.2, 0.25) is 5.91 Å². The van der Waals surface area contributed by atoms with E-state index in [-0.39, 0.29) is 12.5 Å². The van der Waals surface area contributed by atoms with Crippen LogP contribution in [-0.4, -0.2) is 20.7 Å². The minimum atomic E-state index is -4.49. The van der Waals surface area contributed by atoms with Crippen LogP contribution in [0.15, 0.2) is 24.4 Å². The molecule has 2 rings (SSSR count). The van der Waals surface area contributed by atoms with Crippen LogP contribution in [0.1, 0.15) is 23.9 Å². The third-order valence-corrected chi connectivity index (χ3v) is 3.33. The van der Waals surface area contributed by atoms with Gasteiger partial charge in [0, 0.05) is 11.9 Å². The van der Waals surface area contributed by atoms with E-state index in [0.717, 1.165) is 11.6 Å². The molecule has 0 bridgehead atoms. The van der Waals surface area contributed by atoms with Crippen molar-refractivity contribution in [2.24, 2.45) is 5.92 Å². The lowest BCUT2D eigenvalue weighted by Crippen LogP contribution is -2.25. The molecule has 5 nitrogen and oxygen atoms in total. The summed E-state index contributed by atoms with van der Waals surface area (Å²) in [6.45, 7) is 5.07. The molecule has 8 heteroatoms. The molecule has 0 spiro atoms. The molecule has 0 aliphatic carbocycles. The number of aryl methyl sites for hydroxylation is 2. The molecule has 1 N–H and O–H groups in total. The van der Waals surface area contributed by atoms with E-state index in [1.54, 1.807) is 25.3 Å². The van der Waals surface area contributed by atoms with E-state index < -0.39 is 17.8 Å². The monoisotopic (exact) mass is 326 g/mol. The molecular weight excluding hydrogens is 309 g/mol. The number of nitrogens with zero attached hydrogens (tertiary/aromatic N) is 3. The van der Waals surface area contributed by atoms with Gasteiger partial charge >= 0.3 is 6.18 Å². The quantitative estimate of drug-likeness (QED) is 0.939. The second-order valence-electron chi connectivity index (χ2n) is 5.46. The lowest BCUT2D eigenvalue weighted by atomic mass is 10.1. The Balaban J connectivity index is 2.05. The summed E-state index contributed by atoms with van der Waals surface area (Å²) in [5.74, 6) is -0.474. The van der Waals surface area contributed by atoms with Crippen molar-refractivity contribution in [3.63, 3.8) is 0 Å². The van der Waals surface area contributed by atoms with Crippen molar-refractivity contribution in [1.82, 2.24) is 14.8 Å². The maximum Gasteiger partial charge on any atom is 0.435 e. The largest absolute Gasteiger partial charge is 0.435 e. The average molecular weight is 326 g/mol. The van der Waals surface area contributed by atoms with Gasteiger partial charge in [0.1, 0.15) is 5.82 Å². The lowest BCUT2D eigenvalue weighted by Gasteiger charge is -2.13. The van der Waals surface area contributed by atoms with Gasteiger partial charge in [0.15, 0.2) is 5.69 Å². The Hall–Kier alpha value is -2.38. The first-order valence-corrected chi connectivity index (χ1v) is 7.02. The third-order valence-electron chi connectivity index (χ3n) is 3.33. The third kappa shape index (κ3) is 4.30. The molecule has 0 aliphatic rings. The Labute approximate surface area is 131 Å². The van der Waals surface area contributed by atoms with Crippen molar-refractivity contribution in [2.75, 3.05) is 5.32 Å². The van der Waals surface area contributed by atoms with Crippen LogP contribution in [0.5, 0.6) is 0 Å². The van der Waals surface area contributed by atoms with Crippen LogP contribution in [0.25, 0.3) is 0 Å². The second-order valence-corrected chi connectivity index (χ2v) is 5.46. The Morgan fingerprint density at radius 2 is 2.04 bits per heavy atom. The van der Waals surface area contributed by atoms with Crippen LogP contribution < -0.4 is 5.32 Å². The predicted octanol–water partition coefficient (Wildman–Crippen LogP) is 3.19. The van der Waals surface area contributed by atoms with Gasteiger partial charge in [-0.2, -0.15) is 18.3 Å². The van der Waals surface area contributed by atoms with Gasteiger partial charge in [-0.25, -0.2) is 4.98 Å². The number of carbonyl (C=O) groups is 1. The summed E-state index contributed by atoms with van der Waals surface area (Å²) in [6, 6.07) is 4.48. The van der Waals surface area contributed by atoms with Gasteiger partial charge in [-0.3, -0.25) is 9.48 Å². The number of anilines is 1. The summed E-state index contributed by atoms with van der Waals surface area (Å²) in [7, 11) is 0. The Kier molecular flexibility index (Phi) is 4.72. The molecule has 2 aromatic rings. The predicted molar refractivity (Wildman–Crippen MR) is 78.7 cm³/mol. The fourth-order valence-corrected chi connectivity index (χ4v) is 2.03. The average Bonchev–Trinajstić information content (AvgIpc) is 2.80. The standard InChI is InChI=1S/C15H17F3N4O/c1-9-4-5-19-13(6-9)20-14(23)10(2)8-22-11(3)7-12(21-22)15(16,17)18/h4-7,10H,8H2,1-3H3,(H,19,20,23). The molecule has 2 aromatic heterocycles. The molecule has 2 heterocycles. The normalized spacial score (nSPS) is 13.0. The van der Waals surface area contributed by atoms with E-state index in [0.29, 0.717) is 11.5 Å². The number of alkyl halides is 3. The van der Waals surface area contributed by atoms with Crippen molar-refractivity contribution in [3.05, 3.63) is 41.3 Å². The highest BCUT2D eigenvalue weighted by Crippen LogP contribution is 2.28. The Bertz CT molecular complexity index is 709. The zero-order valence-corrected chi connectivity index (χ0v) is 13.0. The number of hydrogen-bond donors (Lipinski definition) is 1. The first-order chi connectivity index (χ1) is 10.7. The first-order valence-electron chi connectivity index (χ1n) is 7.02. The number of aromatic nitrogens is 3. The molecule has 0 saturated carbocycles. The molecule has 1 amide bonds. The zero-order chi connectivity index (χ0) is 17.2. The summed E-state index contributed by atoms with van der Waals surface area (Å²) >= 11 is 0. The van der Waals surface area contributed by atoms with Crippen molar-refractivity contribution in [3.8, 4) is 0 Å². The number of pyridine rings is 1. The molecule has 0 aliphatic heterocycles. The van der Waals surface area contributed by atoms with E-state index in [9.17, 15) is 18.0 Å². The molecule has 0 radical (unpaired) electrons. The summed E-state index contributed by atoms with van der Waals surface area (Å²) in [6.07, 6.45) is -2.92. The highest BCUT2D eigenvalue weighted by atomic mass is 19.4. The molecule has 124 valence electrons. The van der Waals surface area contributed by atoms with Crippen molar-refractivity contribution in [1.29, 1.82) is 0 Å². The Morgan fingerprint density at radius 1 is 1.35 bits per heavy atom. The van der Waals surface area contributed by atoms with Gasteiger partial charge in [0.25, 0.3) is 0 Å². The van der Waals surface area contributed by atoms with Crippen LogP contribution in [-0.2, 0) is 17.5 Å². The molecule has 1 unspecified atom stereocenters. The van der Waals surface area contributed by atoms with Crippen LogP contribution >= 0.6 is 0 Å². The summed E-state index contributed by atoms with van der Waals surface area (Å²) in [5.41, 5.74) is 0.342. The van der Waals surface area contributed by atoms with E-state index >= 15 is 0 Å². The van der Waals surface area contributed by atoms with E-state index in [1.807, 2.05) is 6.92 Å². The first kappa shape index (κ1) is 17.0. The molecule has 0 aromatic carbocycles. The smallest absolute Gasteiger partial charge is 0.310 e. The molecule has 0 saturated heterocycles. The minimum Gasteiger partial charge on any atom is -0.310 e. The number of hydrogen-bond acceptors (Lipinski definition) is 3. The fraction of sp³-hybridized carbons (Fsp3) is 0.400. The van der Waals surface area contributed by atoms with Crippen molar-refractivity contribution < 1.29 is 18.0 Å². The topological polar surface area (TPSA) is 59.8 Å². The van der Waals surface area contributed by atoms with Crippen molar-refractivity contribution >= 4 is 11.7 Å². The number of halogens is 3. The van der Waals surface area contributed by atoms with Crippen molar-refractivity contribution in [2.45, 2.75) is 33.5 Å². The van der Waals surface area contributed by atoms with Crippen LogP contribution in [0.3, 0.4) is 0 Å². The van der Waals surface area contributed by atoms with E-state index in [1.165, 1.54) is 11.6 Å². The van der Waals surface area contributed by atoms with Gasteiger partial charge in [0.05, 0.1) is 12.5 Å². The summed E-state index contributed by atoms with van der Waals surface area (Å²) in [5, 5.41) is 6.17. The van der Waals surface area contributed by atoms with Gasteiger partial charge in [-0.15, -0.1) is 0 Å². The highest BCUT2D eigenvalue weighted by Gasteiger charge is 2.34. The second kappa shape index (κ2) is 6.39. The molecule has 1 atom stereocenters. The maximum atomic E-state index is 12.6. The van der Waals surface area contributed by atoms with Crippen LogP contribution in [0.2, 0.25) is 0 Å². The van der Waals surface area contributed by atoms with E-state index in [2.05, 4.69) is 15.4 Å². The van der Waals surface area contributed by atoms with Crippen LogP contribution in [0.4, 0.5) is 19.0 Å². The number of nitrogens with one attached hydrogen (secondary N) is 1. The number of rotatable bonds is 4. The van der Waals surface area contributed by atoms with Crippen LogP contribution in [0, 0.1) is 19.8 Å². The highest BCUT2D eigenvalue weighted by molar-refractivity contribution is 5.91. The van der Waals surface area contributed by atoms with Gasteiger partial charge < -0.3 is 5.32 Å². The number of amides is 1. The van der Waals surface area contributed by atoms with E-state index in [4.69, 9.17) is 0 Å². The summed E-state index contributed by atoms with van der Waals surface area (Å²) < 4.78 is 39.1. The van der Waals surface area contributed by atoms with Gasteiger partial charge in [-0.1, -0.05) is 6.92 Å². The SMILES string of the molecule is Cc1ccnc(NC(=O)C(C)Cn2nc(C(F)(F)F)cc2C)c1. The Morgan fingerprint density at radius 3 is 2.61 bits per heavy atom. The molecular formula is C15H17F3N4O. The number of carbonyl (C=O) groups excluding carboxylic acids is 1. The zero-order valence-electron chi connectivity index (χ0n) is 13.0. The maximum absolute atomic E-state index is 12.6. The molecule has 23 heavy (non-hydrogen) atoms. The van der Waals surface area contributed by atoms with Gasteiger partial charge in [-0.05, 0) is 37.6 Å². The minimum absolute atomic E-state index is 0.0551. The summed E-state index contributed by atoms with van der Waals surface area (Å²) in [4.78, 5) is 16.1. The fourth-order valence-electron chi connectivity index (χ4n) is 2.03. The lowest BCUT2D eigenvalue weighted by molar-refractivity contribution is -0.141. The molecule has 0 fully saturated rings.